The molecule has 2 aliphatic heterocycles. The lowest BCUT2D eigenvalue weighted by atomic mass is 9.51. The maximum Gasteiger partial charge on any atom is 0.340 e. The van der Waals surface area contributed by atoms with E-state index in [0.717, 1.165) is 19.3 Å². The van der Waals surface area contributed by atoms with Gasteiger partial charge in [-0.25, -0.2) is 4.79 Å². The van der Waals surface area contributed by atoms with Gasteiger partial charge >= 0.3 is 5.97 Å². The van der Waals surface area contributed by atoms with Gasteiger partial charge in [-0.15, -0.1) is 0 Å². The summed E-state index contributed by atoms with van der Waals surface area (Å²) in [5.41, 5.74) is -3.47. The normalized spacial score (nSPS) is 45.3. The lowest BCUT2D eigenvalue weighted by molar-refractivity contribution is -0.234. The zero-order valence-electron chi connectivity index (χ0n) is 20.5. The molecule has 3 unspecified atom stereocenters. The highest BCUT2D eigenvalue weighted by atomic mass is 16.7. The van der Waals surface area contributed by atoms with Crippen LogP contribution in [0.3, 0.4) is 0 Å². The minimum Gasteiger partial charge on any atom is -0.457 e. The minimum atomic E-state index is -2.00. The van der Waals surface area contributed by atoms with E-state index in [-0.39, 0.29) is 30.6 Å². The smallest absolute Gasteiger partial charge is 0.340 e. The van der Waals surface area contributed by atoms with Crippen LogP contribution in [0.5, 0.6) is 0 Å². The molecule has 4 aliphatic rings. The number of rotatable bonds is 8. The Kier molecular flexibility index (Phi) is 6.27. The number of ketones is 1. The van der Waals surface area contributed by atoms with E-state index in [1.165, 1.54) is 0 Å². The predicted molar refractivity (Wildman–Crippen MR) is 118 cm³/mol. The highest BCUT2D eigenvalue weighted by molar-refractivity contribution is 5.86. The Labute approximate surface area is 196 Å². The molecule has 2 heterocycles. The van der Waals surface area contributed by atoms with Gasteiger partial charge in [0.15, 0.2) is 11.4 Å². The largest absolute Gasteiger partial charge is 0.457 e. The maximum absolute atomic E-state index is 13.2. The van der Waals surface area contributed by atoms with Crippen molar-refractivity contribution >= 4 is 11.8 Å². The topological polar surface area (TPSA) is 126 Å². The van der Waals surface area contributed by atoms with Crippen LogP contribution in [0.25, 0.3) is 0 Å². The standard InChI is InChI=1S/C25H40O8/c1-6-14(2)9-15(3)10-23(29,13-26)21(28)32-19-8-7-16(4)22(5)11-17-18(27)12-31-25(17,30)20-24(19,22)33-20/h14-17,19-20,26,29-30H,6-13H2,1-5H3/t14?,15?,16-,17-,19+,20-,22+,23?,24+,25+/m0/s1. The van der Waals surface area contributed by atoms with Gasteiger partial charge in [-0.05, 0) is 49.9 Å². The first-order valence-corrected chi connectivity index (χ1v) is 12.5. The predicted octanol–water partition coefficient (Wildman–Crippen LogP) is 1.97. The van der Waals surface area contributed by atoms with Crippen LogP contribution in [0.15, 0.2) is 0 Å². The molecule has 188 valence electrons. The summed E-state index contributed by atoms with van der Waals surface area (Å²) in [5, 5.41) is 32.2. The Bertz CT molecular complexity index is 801. The number of Topliss-reactive ketones (excluding diaryl/α,β-unsaturated/α-hetero) is 1. The number of fused-ring (bicyclic) bond motifs is 2. The summed E-state index contributed by atoms with van der Waals surface area (Å²) in [6.45, 7) is 9.45. The van der Waals surface area contributed by atoms with Crippen molar-refractivity contribution in [2.24, 2.45) is 29.1 Å². The van der Waals surface area contributed by atoms with Gasteiger partial charge in [0, 0.05) is 5.41 Å². The molecule has 2 aliphatic carbocycles. The summed E-state index contributed by atoms with van der Waals surface area (Å²) in [6.07, 6.45) is 2.13. The molecule has 8 heteroatoms. The molecule has 4 fully saturated rings. The van der Waals surface area contributed by atoms with Gasteiger partial charge < -0.3 is 29.5 Å². The van der Waals surface area contributed by atoms with Crippen LogP contribution < -0.4 is 0 Å². The van der Waals surface area contributed by atoms with Gasteiger partial charge in [-0.1, -0.05) is 41.0 Å². The Balaban J connectivity index is 1.55. The first-order valence-electron chi connectivity index (χ1n) is 12.5. The molecule has 3 N–H and O–H groups in total. The van der Waals surface area contributed by atoms with E-state index in [1.54, 1.807) is 0 Å². The fourth-order valence-electron chi connectivity index (χ4n) is 6.95. The third-order valence-electron chi connectivity index (χ3n) is 9.38. The fraction of sp³-hybridized carbons (Fsp3) is 0.920. The van der Waals surface area contributed by atoms with Gasteiger partial charge in [-0.2, -0.15) is 0 Å². The molecule has 8 nitrogen and oxygen atoms in total. The number of carbonyl (C=O) groups excluding carboxylic acids is 2. The minimum absolute atomic E-state index is 0.0263. The van der Waals surface area contributed by atoms with Gasteiger partial charge in [0.2, 0.25) is 5.79 Å². The maximum atomic E-state index is 13.2. The molecule has 0 amide bonds. The first kappa shape index (κ1) is 25.0. The first-order chi connectivity index (χ1) is 15.4. The van der Waals surface area contributed by atoms with Gasteiger partial charge in [0.1, 0.15) is 24.4 Å². The molecule has 0 aromatic carbocycles. The number of esters is 1. The Hall–Kier alpha value is -1.06. The molecular formula is C25H40O8. The summed E-state index contributed by atoms with van der Waals surface area (Å²) < 4.78 is 17.6. The number of hydrogen-bond donors (Lipinski definition) is 3. The second kappa shape index (κ2) is 8.26. The number of aliphatic hydroxyl groups excluding tert-OH is 1. The van der Waals surface area contributed by atoms with E-state index in [0.29, 0.717) is 18.8 Å². The average molecular weight is 469 g/mol. The Morgan fingerprint density at radius 2 is 2.00 bits per heavy atom. The molecule has 2 saturated carbocycles. The van der Waals surface area contributed by atoms with Crippen LogP contribution in [0, 0.1) is 29.1 Å². The number of carbonyl (C=O) groups is 2. The van der Waals surface area contributed by atoms with E-state index in [1.807, 2.05) is 13.8 Å². The van der Waals surface area contributed by atoms with Crippen LogP contribution in [-0.4, -0.2) is 69.5 Å². The van der Waals surface area contributed by atoms with E-state index in [4.69, 9.17) is 14.2 Å². The van der Waals surface area contributed by atoms with Gasteiger partial charge in [0.25, 0.3) is 0 Å². The Morgan fingerprint density at radius 1 is 1.30 bits per heavy atom. The van der Waals surface area contributed by atoms with Gasteiger partial charge in [-0.3, -0.25) is 4.79 Å². The highest BCUT2D eigenvalue weighted by Crippen LogP contribution is 2.71. The summed E-state index contributed by atoms with van der Waals surface area (Å²) in [4.78, 5) is 25.6. The molecular weight excluding hydrogens is 428 g/mol. The second-order valence-electron chi connectivity index (χ2n) is 11.6. The molecule has 1 spiro atoms. The molecule has 4 rings (SSSR count). The number of epoxide rings is 1. The summed E-state index contributed by atoms with van der Waals surface area (Å²) in [5.74, 6) is -2.69. The molecule has 0 bridgehead atoms. The molecule has 0 aromatic heterocycles. The molecule has 10 atom stereocenters. The number of ether oxygens (including phenoxy) is 3. The van der Waals surface area contributed by atoms with Gasteiger partial charge in [0.05, 0.1) is 12.5 Å². The van der Waals surface area contributed by atoms with Crippen molar-refractivity contribution in [1.82, 2.24) is 0 Å². The van der Waals surface area contributed by atoms with E-state index < -0.39 is 53.1 Å². The van der Waals surface area contributed by atoms with Crippen molar-refractivity contribution < 1.29 is 39.1 Å². The van der Waals surface area contributed by atoms with Crippen molar-refractivity contribution in [3.8, 4) is 0 Å². The van der Waals surface area contributed by atoms with E-state index in [9.17, 15) is 24.9 Å². The van der Waals surface area contributed by atoms with E-state index in [2.05, 4.69) is 20.8 Å². The van der Waals surface area contributed by atoms with Crippen LogP contribution >= 0.6 is 0 Å². The second-order valence-corrected chi connectivity index (χ2v) is 11.6. The number of hydrogen-bond acceptors (Lipinski definition) is 8. The van der Waals surface area contributed by atoms with E-state index >= 15 is 0 Å². The monoisotopic (exact) mass is 468 g/mol. The lowest BCUT2D eigenvalue weighted by Gasteiger charge is -2.53. The van der Waals surface area contributed by atoms with Crippen LogP contribution in [0.2, 0.25) is 0 Å². The summed E-state index contributed by atoms with van der Waals surface area (Å²) in [6, 6.07) is 0. The van der Waals surface area contributed by atoms with Crippen molar-refractivity contribution in [2.45, 2.75) is 102 Å². The molecule has 0 aromatic rings. The average Bonchev–Trinajstić information content (AvgIpc) is 3.48. The summed E-state index contributed by atoms with van der Waals surface area (Å²) in [7, 11) is 0. The van der Waals surface area contributed by atoms with Crippen LogP contribution in [0.1, 0.15) is 73.1 Å². The Morgan fingerprint density at radius 3 is 2.64 bits per heavy atom. The quantitative estimate of drug-likeness (QED) is 0.365. The van der Waals surface area contributed by atoms with Crippen molar-refractivity contribution in [3.05, 3.63) is 0 Å². The third kappa shape index (κ3) is 3.59. The van der Waals surface area contributed by atoms with Crippen LogP contribution in [-0.2, 0) is 23.8 Å². The summed E-state index contributed by atoms with van der Waals surface area (Å²) >= 11 is 0. The third-order valence-corrected chi connectivity index (χ3v) is 9.38. The molecule has 33 heavy (non-hydrogen) atoms. The SMILES string of the molecule is CCC(C)CC(C)CC(O)(CO)C(=O)O[C@@H]1CC[C@H](C)[C@@]2(C)C[C@H]3C(=O)CO[C@@]3(O)[C@H]3O[C@@]312. The van der Waals surface area contributed by atoms with Crippen LogP contribution in [0.4, 0.5) is 0 Å². The number of aliphatic hydroxyl groups is 3. The van der Waals surface area contributed by atoms with Crippen molar-refractivity contribution in [2.75, 3.05) is 13.2 Å². The van der Waals surface area contributed by atoms with Crippen molar-refractivity contribution in [1.29, 1.82) is 0 Å². The molecule has 2 saturated heterocycles. The molecule has 0 radical (unpaired) electrons. The zero-order valence-corrected chi connectivity index (χ0v) is 20.5. The fourth-order valence-corrected chi connectivity index (χ4v) is 6.95. The lowest BCUT2D eigenvalue weighted by Crippen LogP contribution is -2.65. The highest BCUT2D eigenvalue weighted by Gasteiger charge is 2.85. The zero-order chi connectivity index (χ0) is 24.4. The van der Waals surface area contributed by atoms with Crippen molar-refractivity contribution in [3.63, 3.8) is 0 Å².